The maximum absolute atomic E-state index is 9.64. The molecular formula is C12H26N2O2. The van der Waals surface area contributed by atoms with Crippen molar-refractivity contribution in [3.05, 3.63) is 0 Å². The molecule has 2 atom stereocenters. The third kappa shape index (κ3) is 4.78. The Balaban J connectivity index is 2.12. The summed E-state index contributed by atoms with van der Waals surface area (Å²) in [4.78, 5) is 2.40. The van der Waals surface area contributed by atoms with E-state index in [4.69, 9.17) is 4.74 Å². The van der Waals surface area contributed by atoms with Gasteiger partial charge in [0.05, 0.1) is 18.8 Å². The zero-order valence-electron chi connectivity index (χ0n) is 10.8. The van der Waals surface area contributed by atoms with Crippen LogP contribution in [0.1, 0.15) is 20.8 Å². The molecule has 96 valence electrons. The number of nitrogens with one attached hydrogen (secondary N) is 1. The summed E-state index contributed by atoms with van der Waals surface area (Å²) in [7, 11) is 0. The van der Waals surface area contributed by atoms with E-state index in [9.17, 15) is 5.11 Å². The minimum Gasteiger partial charge on any atom is -0.392 e. The highest BCUT2D eigenvalue weighted by molar-refractivity contribution is 4.73. The zero-order chi connectivity index (χ0) is 12.0. The molecule has 4 heteroatoms. The number of ether oxygens (including phenoxy) is 1. The van der Waals surface area contributed by atoms with Crippen molar-refractivity contribution in [1.29, 1.82) is 0 Å². The number of nitrogens with zero attached hydrogens (tertiary/aromatic N) is 1. The minimum absolute atomic E-state index is 0.258. The molecular weight excluding hydrogens is 204 g/mol. The van der Waals surface area contributed by atoms with Gasteiger partial charge in [-0.05, 0) is 12.5 Å². The summed E-state index contributed by atoms with van der Waals surface area (Å²) in [5, 5.41) is 12.9. The lowest BCUT2D eigenvalue weighted by molar-refractivity contribution is -0.0266. The van der Waals surface area contributed by atoms with E-state index in [1.165, 1.54) is 0 Å². The molecule has 0 amide bonds. The lowest BCUT2D eigenvalue weighted by Crippen LogP contribution is -2.47. The van der Waals surface area contributed by atoms with Crippen molar-refractivity contribution in [1.82, 2.24) is 10.2 Å². The van der Waals surface area contributed by atoms with Gasteiger partial charge >= 0.3 is 0 Å². The molecule has 2 N–H and O–H groups in total. The molecule has 0 aromatic heterocycles. The van der Waals surface area contributed by atoms with Gasteiger partial charge in [0.2, 0.25) is 0 Å². The zero-order valence-corrected chi connectivity index (χ0v) is 10.8. The van der Waals surface area contributed by atoms with Crippen LogP contribution in [0.15, 0.2) is 0 Å². The fourth-order valence-corrected chi connectivity index (χ4v) is 1.82. The van der Waals surface area contributed by atoms with Gasteiger partial charge in [-0.2, -0.15) is 0 Å². The number of rotatable bonds is 6. The highest BCUT2D eigenvalue weighted by Gasteiger charge is 2.19. The molecule has 0 bridgehead atoms. The number of morpholine rings is 1. The van der Waals surface area contributed by atoms with Crippen LogP contribution in [0.5, 0.6) is 0 Å². The molecule has 1 saturated heterocycles. The SMILES string of the molecule is CCN1CCOC(CNCC(O)C(C)C)C1. The first-order valence-electron chi connectivity index (χ1n) is 6.36. The maximum Gasteiger partial charge on any atom is 0.0826 e. The van der Waals surface area contributed by atoms with Crippen molar-refractivity contribution in [3.63, 3.8) is 0 Å². The summed E-state index contributed by atoms with van der Waals surface area (Å²) in [5.74, 6) is 0.312. The summed E-state index contributed by atoms with van der Waals surface area (Å²) < 4.78 is 5.67. The van der Waals surface area contributed by atoms with Crippen LogP contribution in [0.4, 0.5) is 0 Å². The number of likely N-dealkylation sites (N-methyl/N-ethyl adjacent to an activating group) is 1. The fourth-order valence-electron chi connectivity index (χ4n) is 1.82. The van der Waals surface area contributed by atoms with Gasteiger partial charge < -0.3 is 15.2 Å². The molecule has 0 radical (unpaired) electrons. The maximum atomic E-state index is 9.64. The van der Waals surface area contributed by atoms with Crippen molar-refractivity contribution < 1.29 is 9.84 Å². The first-order chi connectivity index (χ1) is 7.63. The van der Waals surface area contributed by atoms with Gasteiger partial charge in [-0.25, -0.2) is 0 Å². The van der Waals surface area contributed by atoms with E-state index in [0.29, 0.717) is 12.5 Å². The molecule has 1 aliphatic heterocycles. The quantitative estimate of drug-likeness (QED) is 0.689. The van der Waals surface area contributed by atoms with Crippen LogP contribution in [-0.4, -0.2) is 61.5 Å². The number of hydrogen-bond donors (Lipinski definition) is 2. The largest absolute Gasteiger partial charge is 0.392 e. The van der Waals surface area contributed by atoms with Gasteiger partial charge in [0.1, 0.15) is 0 Å². The van der Waals surface area contributed by atoms with Gasteiger partial charge in [-0.1, -0.05) is 20.8 Å². The van der Waals surface area contributed by atoms with Crippen molar-refractivity contribution >= 4 is 0 Å². The second-order valence-corrected chi connectivity index (χ2v) is 4.86. The van der Waals surface area contributed by atoms with Crippen LogP contribution < -0.4 is 5.32 Å². The summed E-state index contributed by atoms with van der Waals surface area (Å²) in [6.07, 6.45) is 0.0129. The predicted octanol–water partition coefficient (Wildman–Crippen LogP) is 0.314. The Kier molecular flexibility index (Phi) is 6.28. The molecule has 0 aromatic carbocycles. The van der Waals surface area contributed by atoms with Crippen LogP contribution in [0.3, 0.4) is 0 Å². The Bertz CT molecular complexity index is 188. The molecule has 4 nitrogen and oxygen atoms in total. The van der Waals surface area contributed by atoms with E-state index in [-0.39, 0.29) is 12.2 Å². The molecule has 1 aliphatic rings. The van der Waals surface area contributed by atoms with Crippen LogP contribution in [-0.2, 0) is 4.74 Å². The van der Waals surface area contributed by atoms with Crippen molar-refractivity contribution in [2.45, 2.75) is 33.0 Å². The topological polar surface area (TPSA) is 44.7 Å². The first kappa shape index (κ1) is 13.9. The van der Waals surface area contributed by atoms with E-state index in [0.717, 1.165) is 32.8 Å². The Morgan fingerprint density at radius 2 is 2.25 bits per heavy atom. The lowest BCUT2D eigenvalue weighted by Gasteiger charge is -2.32. The summed E-state index contributed by atoms with van der Waals surface area (Å²) in [6.45, 7) is 11.7. The fraction of sp³-hybridized carbons (Fsp3) is 1.00. The van der Waals surface area contributed by atoms with E-state index in [1.54, 1.807) is 0 Å². The van der Waals surface area contributed by atoms with E-state index < -0.39 is 0 Å². The minimum atomic E-state index is -0.258. The molecule has 0 spiro atoms. The third-order valence-electron chi connectivity index (χ3n) is 3.17. The molecule has 16 heavy (non-hydrogen) atoms. The second kappa shape index (κ2) is 7.22. The van der Waals surface area contributed by atoms with Crippen LogP contribution >= 0.6 is 0 Å². The van der Waals surface area contributed by atoms with Crippen LogP contribution in [0.25, 0.3) is 0 Å². The Morgan fingerprint density at radius 1 is 1.50 bits per heavy atom. The molecule has 1 fully saturated rings. The number of aliphatic hydroxyl groups is 1. The van der Waals surface area contributed by atoms with E-state index in [2.05, 4.69) is 17.1 Å². The normalized spacial score (nSPS) is 24.9. The summed E-state index contributed by atoms with van der Waals surface area (Å²) in [6, 6.07) is 0. The van der Waals surface area contributed by atoms with Crippen molar-refractivity contribution in [2.24, 2.45) is 5.92 Å². The first-order valence-corrected chi connectivity index (χ1v) is 6.36. The molecule has 0 aliphatic carbocycles. The molecule has 2 unspecified atom stereocenters. The molecule has 0 saturated carbocycles. The van der Waals surface area contributed by atoms with Gasteiger partial charge in [0, 0.05) is 26.2 Å². The Morgan fingerprint density at radius 3 is 2.88 bits per heavy atom. The second-order valence-electron chi connectivity index (χ2n) is 4.86. The van der Waals surface area contributed by atoms with Gasteiger partial charge in [-0.15, -0.1) is 0 Å². The molecule has 1 rings (SSSR count). The Hall–Kier alpha value is -0.160. The third-order valence-corrected chi connectivity index (χ3v) is 3.17. The molecule has 0 aromatic rings. The Labute approximate surface area is 99.0 Å². The highest BCUT2D eigenvalue weighted by Crippen LogP contribution is 2.04. The van der Waals surface area contributed by atoms with Crippen molar-refractivity contribution in [2.75, 3.05) is 39.3 Å². The van der Waals surface area contributed by atoms with Gasteiger partial charge in [0.25, 0.3) is 0 Å². The lowest BCUT2D eigenvalue weighted by atomic mass is 10.1. The monoisotopic (exact) mass is 230 g/mol. The average Bonchev–Trinajstić information content (AvgIpc) is 2.29. The number of hydrogen-bond acceptors (Lipinski definition) is 4. The number of aliphatic hydroxyl groups excluding tert-OH is 1. The van der Waals surface area contributed by atoms with Gasteiger partial charge in [-0.3, -0.25) is 4.90 Å². The standard InChI is InChI=1S/C12H26N2O2/c1-4-14-5-6-16-11(9-14)7-13-8-12(15)10(2)3/h10-13,15H,4-9H2,1-3H3. The van der Waals surface area contributed by atoms with E-state index >= 15 is 0 Å². The van der Waals surface area contributed by atoms with Crippen LogP contribution in [0, 0.1) is 5.92 Å². The highest BCUT2D eigenvalue weighted by atomic mass is 16.5. The molecule has 1 heterocycles. The van der Waals surface area contributed by atoms with E-state index in [1.807, 2.05) is 13.8 Å². The van der Waals surface area contributed by atoms with Gasteiger partial charge in [0.15, 0.2) is 0 Å². The van der Waals surface area contributed by atoms with Crippen molar-refractivity contribution in [3.8, 4) is 0 Å². The van der Waals surface area contributed by atoms with Crippen LogP contribution in [0.2, 0.25) is 0 Å². The summed E-state index contributed by atoms with van der Waals surface area (Å²) >= 11 is 0. The smallest absolute Gasteiger partial charge is 0.0826 e. The predicted molar refractivity (Wildman–Crippen MR) is 65.6 cm³/mol. The summed E-state index contributed by atoms with van der Waals surface area (Å²) in [5.41, 5.74) is 0. The average molecular weight is 230 g/mol.